The Hall–Kier alpha value is -3.74. The Morgan fingerprint density at radius 1 is 0.759 bits per heavy atom. The van der Waals surface area contributed by atoms with Gasteiger partial charge in [-0.15, -0.1) is 0 Å². The zero-order valence-corrected chi connectivity index (χ0v) is 15.7. The van der Waals surface area contributed by atoms with Gasteiger partial charge < -0.3 is 0 Å². The number of hydrogen-bond acceptors (Lipinski definition) is 5. The molecule has 0 atom stereocenters. The maximum absolute atomic E-state index is 11.2. The molecule has 0 spiro atoms. The topological polar surface area (TPSA) is 76.4 Å². The van der Waals surface area contributed by atoms with Crippen LogP contribution in [-0.4, -0.2) is 32.2 Å². The van der Waals surface area contributed by atoms with Gasteiger partial charge in [0, 0.05) is 23.6 Å². The molecule has 1 aliphatic carbocycles. The molecule has 144 valence electrons. The summed E-state index contributed by atoms with van der Waals surface area (Å²) in [5, 5.41) is 24.0. The number of hydrogen-bond donors (Lipinski definition) is 2. The van der Waals surface area contributed by atoms with E-state index in [2.05, 4.69) is 4.99 Å². The molecule has 0 saturated heterocycles. The van der Waals surface area contributed by atoms with Crippen molar-refractivity contribution in [2.75, 3.05) is 0 Å². The monoisotopic (exact) mass is 385 g/mol. The molecule has 4 rings (SSSR count). The zero-order chi connectivity index (χ0) is 20.4. The van der Waals surface area contributed by atoms with Crippen LogP contribution in [-0.2, 0) is 4.79 Å². The van der Waals surface area contributed by atoms with E-state index in [-0.39, 0.29) is 11.7 Å². The third-order valence-electron chi connectivity index (χ3n) is 4.56. The van der Waals surface area contributed by atoms with Crippen molar-refractivity contribution < 1.29 is 15.2 Å². The van der Waals surface area contributed by atoms with E-state index in [0.717, 1.165) is 21.3 Å². The quantitative estimate of drug-likeness (QED) is 0.809. The van der Waals surface area contributed by atoms with Crippen molar-refractivity contribution in [1.29, 1.82) is 0 Å². The number of carbonyl (C=O) groups is 1. The molecule has 2 aliphatic rings. The summed E-state index contributed by atoms with van der Waals surface area (Å²) in [7, 11) is 0. The van der Waals surface area contributed by atoms with Crippen LogP contribution < -0.4 is 0 Å². The van der Waals surface area contributed by atoms with Gasteiger partial charge in [-0.1, -0.05) is 60.7 Å². The lowest BCUT2D eigenvalue weighted by atomic mass is 10.1. The number of carbonyl (C=O) groups excluding carboxylic acids is 1. The molecule has 1 aliphatic heterocycles. The first-order chi connectivity index (χ1) is 14.1. The molecule has 29 heavy (non-hydrogen) atoms. The summed E-state index contributed by atoms with van der Waals surface area (Å²) in [6.45, 7) is 1.38. The van der Waals surface area contributed by atoms with Crippen LogP contribution >= 0.6 is 0 Å². The maximum atomic E-state index is 11.2. The molecule has 1 amide bonds. The summed E-state index contributed by atoms with van der Waals surface area (Å²) in [4.78, 5) is 15.1. The number of rotatable bonds is 2. The van der Waals surface area contributed by atoms with Gasteiger partial charge in [-0.3, -0.25) is 15.2 Å². The van der Waals surface area contributed by atoms with Gasteiger partial charge in [-0.2, -0.15) is 0 Å². The fourth-order valence-corrected chi connectivity index (χ4v) is 3.32. The van der Waals surface area contributed by atoms with Crippen molar-refractivity contribution in [3.8, 4) is 0 Å². The number of benzene rings is 2. The van der Waals surface area contributed by atoms with Crippen LogP contribution in [0.15, 0.2) is 101 Å². The molecule has 2 aromatic rings. The average molecular weight is 385 g/mol. The van der Waals surface area contributed by atoms with E-state index in [1.165, 1.54) is 6.92 Å². The van der Waals surface area contributed by atoms with Crippen LogP contribution in [0.25, 0.3) is 11.4 Å². The fraction of sp³-hybridized carbons (Fsp3) is 0.0435. The summed E-state index contributed by atoms with van der Waals surface area (Å²) in [5.74, 6) is -0.102. The average Bonchev–Trinajstić information content (AvgIpc) is 3.00. The van der Waals surface area contributed by atoms with Crippen LogP contribution in [0.1, 0.15) is 18.1 Å². The van der Waals surface area contributed by atoms with Gasteiger partial charge in [-0.25, -0.2) is 15.1 Å². The summed E-state index contributed by atoms with van der Waals surface area (Å²) in [5.41, 5.74) is 3.51. The van der Waals surface area contributed by atoms with E-state index in [9.17, 15) is 15.2 Å². The maximum Gasteiger partial charge on any atom is 0.243 e. The lowest BCUT2D eigenvalue weighted by Gasteiger charge is -2.20. The van der Waals surface area contributed by atoms with E-state index < -0.39 is 0 Å². The summed E-state index contributed by atoms with van der Waals surface area (Å²) < 4.78 is 0. The van der Waals surface area contributed by atoms with Crippen molar-refractivity contribution in [3.05, 3.63) is 107 Å². The molecule has 0 bridgehead atoms. The Labute approximate surface area is 168 Å². The molecule has 0 radical (unpaired) electrons. The molecule has 6 nitrogen and oxygen atoms in total. The van der Waals surface area contributed by atoms with E-state index in [0.29, 0.717) is 22.7 Å². The normalized spacial score (nSPS) is 16.2. The first kappa shape index (κ1) is 18.6. The third-order valence-corrected chi connectivity index (χ3v) is 4.56. The molecule has 0 fully saturated rings. The Morgan fingerprint density at radius 3 is 1.62 bits per heavy atom. The van der Waals surface area contributed by atoms with Gasteiger partial charge in [0.1, 0.15) is 11.4 Å². The number of aliphatic imine (C=N–C) groups is 1. The van der Waals surface area contributed by atoms with Gasteiger partial charge >= 0.3 is 0 Å². The first-order valence-corrected chi connectivity index (χ1v) is 9.09. The lowest BCUT2D eigenvalue weighted by Crippen LogP contribution is -2.22. The molecule has 0 aromatic heterocycles. The molecule has 2 N–H and O–H groups in total. The third kappa shape index (κ3) is 3.54. The van der Waals surface area contributed by atoms with Crippen molar-refractivity contribution in [1.82, 2.24) is 10.1 Å². The van der Waals surface area contributed by atoms with Crippen molar-refractivity contribution in [2.24, 2.45) is 4.99 Å². The van der Waals surface area contributed by atoms with E-state index in [1.807, 2.05) is 60.7 Å². The highest BCUT2D eigenvalue weighted by Gasteiger charge is 2.36. The molecule has 1 heterocycles. The Morgan fingerprint density at radius 2 is 1.21 bits per heavy atom. The van der Waals surface area contributed by atoms with Gasteiger partial charge in [0.2, 0.25) is 5.91 Å². The molecule has 6 heteroatoms. The molecule has 0 unspecified atom stereocenters. The van der Waals surface area contributed by atoms with Crippen LogP contribution in [0, 0.1) is 0 Å². The Balaban J connectivity index is 1.84. The lowest BCUT2D eigenvalue weighted by molar-refractivity contribution is -0.115. The molecule has 2 aromatic carbocycles. The van der Waals surface area contributed by atoms with Crippen molar-refractivity contribution in [3.63, 3.8) is 0 Å². The second kappa shape index (κ2) is 7.71. The molecular formula is C23H19N3O3. The summed E-state index contributed by atoms with van der Waals surface area (Å²) >= 11 is 0. The summed E-state index contributed by atoms with van der Waals surface area (Å²) in [6, 6.07) is 18.7. The van der Waals surface area contributed by atoms with E-state index in [1.54, 1.807) is 24.3 Å². The fourth-order valence-electron chi connectivity index (χ4n) is 3.32. The van der Waals surface area contributed by atoms with Crippen molar-refractivity contribution in [2.45, 2.75) is 6.92 Å². The minimum absolute atomic E-state index is 0.192. The minimum Gasteiger partial charge on any atom is -0.282 e. The number of hydroxylamine groups is 4. The highest BCUT2D eigenvalue weighted by Crippen LogP contribution is 2.42. The highest BCUT2D eigenvalue weighted by atomic mass is 16.6. The minimum atomic E-state index is -0.293. The van der Waals surface area contributed by atoms with E-state index in [4.69, 9.17) is 0 Å². The van der Waals surface area contributed by atoms with Crippen molar-refractivity contribution >= 4 is 23.0 Å². The largest absolute Gasteiger partial charge is 0.282 e. The smallest absolute Gasteiger partial charge is 0.243 e. The number of allylic oxidation sites excluding steroid dienone is 5. The standard InChI is InChI=1S/C23H19N3O3/c1-16(27)24-20-14-12-19(13-15-20)23-25(28)21(17-8-4-2-5-9-17)22(26(23)29)18-10-6-3-7-11-18/h2-15,28-29H,1H3. The SMILES string of the molecule is CC(=O)N=C1C=CC(=C2N(O)C(c3ccccc3)=C(c3ccccc3)N2O)C=C1. The van der Waals surface area contributed by atoms with E-state index >= 15 is 0 Å². The van der Waals surface area contributed by atoms with Gasteiger partial charge in [-0.05, 0) is 24.3 Å². The second-order valence-electron chi connectivity index (χ2n) is 6.55. The second-order valence-corrected chi connectivity index (χ2v) is 6.55. The Bertz CT molecular complexity index is 1020. The predicted molar refractivity (Wildman–Crippen MR) is 110 cm³/mol. The van der Waals surface area contributed by atoms with Crippen LogP contribution in [0.2, 0.25) is 0 Å². The number of nitrogens with zero attached hydrogens (tertiary/aromatic N) is 3. The zero-order valence-electron chi connectivity index (χ0n) is 15.7. The highest BCUT2D eigenvalue weighted by molar-refractivity contribution is 6.10. The van der Waals surface area contributed by atoms with Crippen LogP contribution in [0.5, 0.6) is 0 Å². The van der Waals surface area contributed by atoms with Gasteiger partial charge in [0.25, 0.3) is 0 Å². The first-order valence-electron chi connectivity index (χ1n) is 9.09. The molecular weight excluding hydrogens is 366 g/mol. The van der Waals surface area contributed by atoms with Gasteiger partial charge in [0.05, 0.1) is 5.71 Å². The van der Waals surface area contributed by atoms with Gasteiger partial charge in [0.15, 0.2) is 5.82 Å². The summed E-state index contributed by atoms with van der Waals surface area (Å²) in [6.07, 6.45) is 6.71. The van der Waals surface area contributed by atoms with Crippen LogP contribution in [0.3, 0.4) is 0 Å². The molecule has 0 saturated carbocycles. The Kier molecular flexibility index (Phi) is 4.95. The predicted octanol–water partition coefficient (Wildman–Crippen LogP) is 4.23. The van der Waals surface area contributed by atoms with Crippen LogP contribution in [0.4, 0.5) is 0 Å². The number of amides is 1.